The van der Waals surface area contributed by atoms with E-state index in [1.54, 1.807) is 45.2 Å². The predicted molar refractivity (Wildman–Crippen MR) is 60.0 cm³/mol. The third-order valence-electron chi connectivity index (χ3n) is 2.01. The number of benzene rings is 1. The number of ether oxygens (including phenoxy) is 2. The van der Waals surface area contributed by atoms with Gasteiger partial charge in [-0.2, -0.15) is 0 Å². The number of hydrogen-bond acceptors (Lipinski definition) is 3. The van der Waals surface area contributed by atoms with Gasteiger partial charge in [-0.3, -0.25) is 4.79 Å². The van der Waals surface area contributed by atoms with Crippen molar-refractivity contribution in [3.63, 3.8) is 0 Å². The highest BCUT2D eigenvalue weighted by atomic mass is 16.5. The summed E-state index contributed by atoms with van der Waals surface area (Å²) in [6.45, 7) is 3.47. The minimum absolute atomic E-state index is 0.0514. The average molecular weight is 224 g/mol. The second kappa shape index (κ2) is 4.88. The smallest absolute Gasteiger partial charge is 0.307 e. The summed E-state index contributed by atoms with van der Waals surface area (Å²) < 4.78 is 10.6. The zero-order chi connectivity index (χ0) is 12.2. The van der Waals surface area contributed by atoms with Crippen LogP contribution in [0.1, 0.15) is 20.3 Å². The molecule has 1 rings (SSSR count). The van der Waals surface area contributed by atoms with Crippen LogP contribution in [0.4, 0.5) is 0 Å². The van der Waals surface area contributed by atoms with Crippen molar-refractivity contribution >= 4 is 5.97 Å². The van der Waals surface area contributed by atoms with E-state index in [1.807, 2.05) is 0 Å². The van der Waals surface area contributed by atoms with Crippen LogP contribution in [0.3, 0.4) is 0 Å². The SMILES string of the molecule is COc1cccc(OC(C)(C)CC(=O)O)c1. The molecule has 0 radical (unpaired) electrons. The lowest BCUT2D eigenvalue weighted by Crippen LogP contribution is -2.31. The number of aliphatic carboxylic acids is 1. The third kappa shape index (κ3) is 3.81. The predicted octanol–water partition coefficient (Wildman–Crippen LogP) is 2.33. The molecule has 0 aliphatic rings. The molecule has 4 heteroatoms. The van der Waals surface area contributed by atoms with Crippen LogP contribution in [0.15, 0.2) is 24.3 Å². The minimum atomic E-state index is -0.882. The van der Waals surface area contributed by atoms with Gasteiger partial charge in [-0.05, 0) is 26.0 Å². The maximum Gasteiger partial charge on any atom is 0.307 e. The van der Waals surface area contributed by atoms with Crippen molar-refractivity contribution in [2.24, 2.45) is 0 Å². The summed E-state index contributed by atoms with van der Waals surface area (Å²) in [4.78, 5) is 10.6. The molecule has 0 spiro atoms. The summed E-state index contributed by atoms with van der Waals surface area (Å²) in [6, 6.07) is 7.10. The maximum absolute atomic E-state index is 10.6. The Hall–Kier alpha value is -1.71. The van der Waals surface area contributed by atoms with Crippen LogP contribution in [0.2, 0.25) is 0 Å². The highest BCUT2D eigenvalue weighted by Crippen LogP contribution is 2.24. The van der Waals surface area contributed by atoms with Gasteiger partial charge >= 0.3 is 5.97 Å². The summed E-state index contributed by atoms with van der Waals surface area (Å²) in [5, 5.41) is 8.72. The third-order valence-corrected chi connectivity index (χ3v) is 2.01. The second-order valence-electron chi connectivity index (χ2n) is 4.11. The first-order chi connectivity index (χ1) is 7.43. The molecule has 0 saturated heterocycles. The highest BCUT2D eigenvalue weighted by molar-refractivity contribution is 5.68. The first-order valence-corrected chi connectivity index (χ1v) is 4.98. The summed E-state index contributed by atoms with van der Waals surface area (Å²) >= 11 is 0. The van der Waals surface area contributed by atoms with E-state index in [1.165, 1.54) is 0 Å². The van der Waals surface area contributed by atoms with Crippen molar-refractivity contribution in [2.75, 3.05) is 7.11 Å². The molecule has 0 bridgehead atoms. The van der Waals surface area contributed by atoms with Gasteiger partial charge in [-0.15, -0.1) is 0 Å². The van der Waals surface area contributed by atoms with Crippen LogP contribution in [0, 0.1) is 0 Å². The molecule has 0 amide bonds. The Bertz CT molecular complexity index is 371. The Morgan fingerprint density at radius 2 is 2.00 bits per heavy atom. The number of hydrogen-bond donors (Lipinski definition) is 1. The van der Waals surface area contributed by atoms with Gasteiger partial charge in [0.05, 0.1) is 13.5 Å². The lowest BCUT2D eigenvalue weighted by Gasteiger charge is -2.24. The fourth-order valence-electron chi connectivity index (χ4n) is 1.38. The van der Waals surface area contributed by atoms with Gasteiger partial charge in [0.1, 0.15) is 17.1 Å². The Morgan fingerprint density at radius 3 is 2.56 bits per heavy atom. The van der Waals surface area contributed by atoms with Gasteiger partial charge in [0, 0.05) is 6.07 Å². The number of carbonyl (C=O) groups is 1. The van der Waals surface area contributed by atoms with E-state index >= 15 is 0 Å². The molecule has 0 heterocycles. The van der Waals surface area contributed by atoms with Crippen molar-refractivity contribution in [1.29, 1.82) is 0 Å². The summed E-state index contributed by atoms with van der Waals surface area (Å²) in [5.41, 5.74) is -0.738. The maximum atomic E-state index is 10.6. The number of methoxy groups -OCH3 is 1. The molecule has 0 atom stereocenters. The van der Waals surface area contributed by atoms with Gasteiger partial charge in [0.25, 0.3) is 0 Å². The number of carboxylic acids is 1. The standard InChI is InChI=1S/C12H16O4/c1-12(2,8-11(13)14)16-10-6-4-5-9(7-10)15-3/h4-7H,8H2,1-3H3,(H,13,14). The minimum Gasteiger partial charge on any atom is -0.497 e. The van der Waals surface area contributed by atoms with E-state index in [-0.39, 0.29) is 6.42 Å². The Morgan fingerprint density at radius 1 is 1.38 bits per heavy atom. The molecule has 1 N–H and O–H groups in total. The van der Waals surface area contributed by atoms with Gasteiger partial charge < -0.3 is 14.6 Å². The van der Waals surface area contributed by atoms with Gasteiger partial charge in [-0.1, -0.05) is 6.07 Å². The largest absolute Gasteiger partial charge is 0.497 e. The molecule has 1 aromatic rings. The van der Waals surface area contributed by atoms with E-state index in [0.717, 1.165) is 0 Å². The van der Waals surface area contributed by atoms with E-state index in [9.17, 15) is 4.79 Å². The van der Waals surface area contributed by atoms with Crippen LogP contribution in [-0.4, -0.2) is 23.8 Å². The monoisotopic (exact) mass is 224 g/mol. The summed E-state index contributed by atoms with van der Waals surface area (Å²) in [6.07, 6.45) is -0.0514. The van der Waals surface area contributed by atoms with E-state index in [4.69, 9.17) is 14.6 Å². The fourth-order valence-corrected chi connectivity index (χ4v) is 1.38. The molecule has 1 aromatic carbocycles. The fraction of sp³-hybridized carbons (Fsp3) is 0.417. The van der Waals surface area contributed by atoms with Crippen molar-refractivity contribution in [3.8, 4) is 11.5 Å². The Balaban J connectivity index is 2.75. The zero-order valence-electron chi connectivity index (χ0n) is 9.69. The van der Waals surface area contributed by atoms with Crippen molar-refractivity contribution in [2.45, 2.75) is 25.9 Å². The first kappa shape index (κ1) is 12.4. The number of carboxylic acid groups (broad SMARTS) is 1. The Kier molecular flexibility index (Phi) is 3.77. The van der Waals surface area contributed by atoms with Crippen LogP contribution < -0.4 is 9.47 Å². The summed E-state index contributed by atoms with van der Waals surface area (Å²) in [7, 11) is 1.57. The van der Waals surface area contributed by atoms with Crippen molar-refractivity contribution in [3.05, 3.63) is 24.3 Å². The molecule has 0 fully saturated rings. The average Bonchev–Trinajstić information content (AvgIpc) is 2.15. The zero-order valence-corrected chi connectivity index (χ0v) is 9.69. The van der Waals surface area contributed by atoms with Gasteiger partial charge in [0.2, 0.25) is 0 Å². The van der Waals surface area contributed by atoms with Crippen molar-refractivity contribution in [1.82, 2.24) is 0 Å². The molecule has 16 heavy (non-hydrogen) atoms. The lowest BCUT2D eigenvalue weighted by atomic mass is 10.1. The molecule has 0 unspecified atom stereocenters. The topological polar surface area (TPSA) is 55.8 Å². The van der Waals surface area contributed by atoms with E-state index in [0.29, 0.717) is 11.5 Å². The molecule has 88 valence electrons. The molecule has 0 aliphatic heterocycles. The van der Waals surface area contributed by atoms with Crippen molar-refractivity contribution < 1.29 is 19.4 Å². The molecule has 0 saturated carbocycles. The molecule has 4 nitrogen and oxygen atoms in total. The van der Waals surface area contributed by atoms with Crippen LogP contribution >= 0.6 is 0 Å². The van der Waals surface area contributed by atoms with Crippen LogP contribution in [0.5, 0.6) is 11.5 Å². The molecule has 0 aromatic heterocycles. The highest BCUT2D eigenvalue weighted by Gasteiger charge is 2.23. The van der Waals surface area contributed by atoms with E-state index < -0.39 is 11.6 Å². The van der Waals surface area contributed by atoms with Gasteiger partial charge in [0.15, 0.2) is 0 Å². The van der Waals surface area contributed by atoms with Crippen LogP contribution in [-0.2, 0) is 4.79 Å². The Labute approximate surface area is 94.8 Å². The van der Waals surface area contributed by atoms with Gasteiger partial charge in [-0.25, -0.2) is 0 Å². The second-order valence-corrected chi connectivity index (χ2v) is 4.11. The summed E-state index contributed by atoms with van der Waals surface area (Å²) in [5.74, 6) is 0.405. The number of rotatable bonds is 5. The molecular weight excluding hydrogens is 208 g/mol. The molecule has 0 aliphatic carbocycles. The quantitative estimate of drug-likeness (QED) is 0.834. The first-order valence-electron chi connectivity index (χ1n) is 4.98. The van der Waals surface area contributed by atoms with E-state index in [2.05, 4.69) is 0 Å². The van der Waals surface area contributed by atoms with Crippen LogP contribution in [0.25, 0.3) is 0 Å². The normalized spacial score (nSPS) is 10.9. The molecular formula is C12H16O4. The lowest BCUT2D eigenvalue weighted by molar-refractivity contribution is -0.140.